The lowest BCUT2D eigenvalue weighted by atomic mass is 10.2. The molecule has 0 aromatic heterocycles. The maximum Gasteiger partial charge on any atom is 0.234 e. The van der Waals surface area contributed by atoms with Crippen LogP contribution in [0.2, 0.25) is 0 Å². The molecule has 0 radical (unpaired) electrons. The number of nitrogens with zero attached hydrogens (tertiary/aromatic N) is 2. The van der Waals surface area contributed by atoms with Crippen LogP contribution in [0.4, 0.5) is 10.1 Å². The third-order valence-electron chi connectivity index (χ3n) is 4.04. The Morgan fingerprint density at radius 1 is 1.18 bits per heavy atom. The van der Waals surface area contributed by atoms with Crippen molar-refractivity contribution in [3.05, 3.63) is 30.1 Å². The molecule has 1 heterocycles. The third-order valence-corrected chi connectivity index (χ3v) is 4.04. The summed E-state index contributed by atoms with van der Waals surface area (Å²) in [6.07, 6.45) is 3.36. The summed E-state index contributed by atoms with van der Waals surface area (Å²) in [4.78, 5) is 16.0. The minimum Gasteiger partial charge on any atom is -0.367 e. The van der Waals surface area contributed by atoms with Gasteiger partial charge in [-0.15, -0.1) is 0 Å². The van der Waals surface area contributed by atoms with Crippen LogP contribution in [-0.2, 0) is 4.79 Å². The zero-order valence-electron chi connectivity index (χ0n) is 13.4. The molecule has 5 heteroatoms. The first-order valence-corrected chi connectivity index (χ1v) is 8.19. The van der Waals surface area contributed by atoms with Gasteiger partial charge in [0.15, 0.2) is 0 Å². The standard InChI is InChI=1S/C17H26FN3O/c1-2-3-6-9-19-17(22)14-20-10-12-21(13-11-20)16-8-5-4-7-15(16)18/h4-5,7-8H,2-3,6,9-14H2,1H3,(H,19,22). The number of para-hydroxylation sites is 1. The Kier molecular flexibility index (Phi) is 6.65. The number of hydrogen-bond acceptors (Lipinski definition) is 3. The number of piperazine rings is 1. The van der Waals surface area contributed by atoms with Crippen LogP contribution < -0.4 is 10.2 Å². The predicted molar refractivity (Wildman–Crippen MR) is 87.6 cm³/mol. The van der Waals surface area contributed by atoms with Gasteiger partial charge in [-0.25, -0.2) is 4.39 Å². The number of hydrogen-bond donors (Lipinski definition) is 1. The number of amides is 1. The average molecular weight is 307 g/mol. The summed E-state index contributed by atoms with van der Waals surface area (Å²) in [5.41, 5.74) is 0.658. The Hall–Kier alpha value is -1.62. The smallest absolute Gasteiger partial charge is 0.234 e. The molecule has 1 aromatic carbocycles. The zero-order valence-corrected chi connectivity index (χ0v) is 13.4. The fraction of sp³-hybridized carbons (Fsp3) is 0.588. The van der Waals surface area contributed by atoms with Crippen LogP contribution in [0.1, 0.15) is 26.2 Å². The van der Waals surface area contributed by atoms with E-state index in [9.17, 15) is 9.18 Å². The number of nitrogens with one attached hydrogen (secondary N) is 1. The van der Waals surface area contributed by atoms with Gasteiger partial charge >= 0.3 is 0 Å². The van der Waals surface area contributed by atoms with E-state index < -0.39 is 0 Å². The Balaban J connectivity index is 1.71. The molecule has 1 saturated heterocycles. The third kappa shape index (κ3) is 4.98. The summed E-state index contributed by atoms with van der Waals surface area (Å²) >= 11 is 0. The molecule has 0 aliphatic carbocycles. The quantitative estimate of drug-likeness (QED) is 0.785. The highest BCUT2D eigenvalue weighted by molar-refractivity contribution is 5.78. The van der Waals surface area contributed by atoms with E-state index in [1.807, 2.05) is 17.0 Å². The monoisotopic (exact) mass is 307 g/mol. The van der Waals surface area contributed by atoms with Crippen molar-refractivity contribution < 1.29 is 9.18 Å². The second-order valence-electron chi connectivity index (χ2n) is 5.77. The van der Waals surface area contributed by atoms with Gasteiger partial charge in [0.05, 0.1) is 12.2 Å². The first-order valence-electron chi connectivity index (χ1n) is 8.19. The molecule has 2 rings (SSSR count). The topological polar surface area (TPSA) is 35.6 Å². The second kappa shape index (κ2) is 8.73. The van der Waals surface area contributed by atoms with E-state index in [0.717, 1.165) is 52.0 Å². The molecule has 0 unspecified atom stereocenters. The molecular weight excluding hydrogens is 281 g/mol. The number of carbonyl (C=O) groups excluding carboxylic acids is 1. The molecule has 1 N–H and O–H groups in total. The van der Waals surface area contributed by atoms with Crippen LogP contribution >= 0.6 is 0 Å². The Morgan fingerprint density at radius 3 is 2.59 bits per heavy atom. The lowest BCUT2D eigenvalue weighted by Crippen LogP contribution is -2.49. The van der Waals surface area contributed by atoms with Crippen LogP contribution in [0, 0.1) is 5.82 Å². The maximum atomic E-state index is 13.8. The molecule has 0 saturated carbocycles. The van der Waals surface area contributed by atoms with Gasteiger partial charge in [0.2, 0.25) is 5.91 Å². The van der Waals surface area contributed by atoms with E-state index in [1.165, 1.54) is 6.07 Å². The van der Waals surface area contributed by atoms with Gasteiger partial charge in [-0.05, 0) is 18.6 Å². The van der Waals surface area contributed by atoms with Crippen molar-refractivity contribution >= 4 is 11.6 Å². The fourth-order valence-electron chi connectivity index (χ4n) is 2.72. The molecule has 0 bridgehead atoms. The highest BCUT2D eigenvalue weighted by Crippen LogP contribution is 2.19. The van der Waals surface area contributed by atoms with Crippen LogP contribution in [0.25, 0.3) is 0 Å². The lowest BCUT2D eigenvalue weighted by molar-refractivity contribution is -0.122. The molecule has 1 fully saturated rings. The molecule has 0 spiro atoms. The van der Waals surface area contributed by atoms with Crippen molar-refractivity contribution in [2.24, 2.45) is 0 Å². The van der Waals surface area contributed by atoms with Gasteiger partial charge in [0.1, 0.15) is 5.82 Å². The Morgan fingerprint density at radius 2 is 1.91 bits per heavy atom. The van der Waals surface area contributed by atoms with Gasteiger partial charge in [-0.1, -0.05) is 31.9 Å². The number of carbonyl (C=O) groups is 1. The molecule has 1 aromatic rings. The molecule has 4 nitrogen and oxygen atoms in total. The van der Waals surface area contributed by atoms with Crippen LogP contribution in [0.5, 0.6) is 0 Å². The summed E-state index contributed by atoms with van der Waals surface area (Å²) in [5.74, 6) is -0.0833. The average Bonchev–Trinajstić information content (AvgIpc) is 2.53. The molecule has 0 atom stereocenters. The molecule has 22 heavy (non-hydrogen) atoms. The number of benzene rings is 1. The summed E-state index contributed by atoms with van der Waals surface area (Å²) in [6, 6.07) is 6.86. The van der Waals surface area contributed by atoms with E-state index in [0.29, 0.717) is 12.2 Å². The van der Waals surface area contributed by atoms with Crippen LogP contribution in [0.15, 0.2) is 24.3 Å². The highest BCUT2D eigenvalue weighted by atomic mass is 19.1. The Bertz CT molecular complexity index is 473. The van der Waals surface area contributed by atoms with Crippen LogP contribution in [-0.4, -0.2) is 50.1 Å². The number of unbranched alkanes of at least 4 members (excludes halogenated alkanes) is 2. The van der Waals surface area contributed by atoms with Crippen molar-refractivity contribution in [3.63, 3.8) is 0 Å². The number of rotatable bonds is 7. The molecule has 1 aliphatic heterocycles. The second-order valence-corrected chi connectivity index (χ2v) is 5.77. The number of anilines is 1. The van der Waals surface area contributed by atoms with Gasteiger partial charge in [0.25, 0.3) is 0 Å². The van der Waals surface area contributed by atoms with E-state index in [4.69, 9.17) is 0 Å². The van der Waals surface area contributed by atoms with E-state index in [1.54, 1.807) is 6.07 Å². The van der Waals surface area contributed by atoms with Crippen molar-refractivity contribution in [3.8, 4) is 0 Å². The van der Waals surface area contributed by atoms with E-state index in [2.05, 4.69) is 17.1 Å². The molecule has 122 valence electrons. The van der Waals surface area contributed by atoms with Crippen molar-refractivity contribution in [1.82, 2.24) is 10.2 Å². The highest BCUT2D eigenvalue weighted by Gasteiger charge is 2.20. The predicted octanol–water partition coefficient (Wildman–Crippen LogP) is 2.25. The fourth-order valence-corrected chi connectivity index (χ4v) is 2.72. The molecular formula is C17H26FN3O. The van der Waals surface area contributed by atoms with Gasteiger partial charge in [0, 0.05) is 32.7 Å². The maximum absolute atomic E-state index is 13.8. The van der Waals surface area contributed by atoms with Crippen molar-refractivity contribution in [1.29, 1.82) is 0 Å². The minimum atomic E-state index is -0.176. The van der Waals surface area contributed by atoms with Gasteiger partial charge in [-0.3, -0.25) is 9.69 Å². The summed E-state index contributed by atoms with van der Waals surface area (Å²) < 4.78 is 13.8. The van der Waals surface area contributed by atoms with E-state index >= 15 is 0 Å². The van der Waals surface area contributed by atoms with E-state index in [-0.39, 0.29) is 11.7 Å². The normalized spacial score (nSPS) is 15.8. The largest absolute Gasteiger partial charge is 0.367 e. The Labute approximate surface area is 132 Å². The van der Waals surface area contributed by atoms with Crippen molar-refractivity contribution in [2.45, 2.75) is 26.2 Å². The minimum absolute atomic E-state index is 0.0930. The van der Waals surface area contributed by atoms with Gasteiger partial charge in [-0.2, -0.15) is 0 Å². The first-order chi connectivity index (χ1) is 10.7. The molecule has 1 aliphatic rings. The van der Waals surface area contributed by atoms with Gasteiger partial charge < -0.3 is 10.2 Å². The lowest BCUT2D eigenvalue weighted by Gasteiger charge is -2.35. The van der Waals surface area contributed by atoms with Crippen molar-refractivity contribution in [2.75, 3.05) is 44.2 Å². The SMILES string of the molecule is CCCCCNC(=O)CN1CCN(c2ccccc2F)CC1. The zero-order chi connectivity index (χ0) is 15.8. The summed E-state index contributed by atoms with van der Waals surface area (Å²) in [6.45, 7) is 6.44. The summed E-state index contributed by atoms with van der Waals surface area (Å²) in [7, 11) is 0. The first kappa shape index (κ1) is 16.7. The molecule has 1 amide bonds. The summed E-state index contributed by atoms with van der Waals surface area (Å²) in [5, 5.41) is 2.96. The van der Waals surface area contributed by atoms with Crippen LogP contribution in [0.3, 0.4) is 0 Å². The number of halogens is 1.